The fourth-order valence-electron chi connectivity index (χ4n) is 11.3. The zero-order valence-corrected chi connectivity index (χ0v) is 52.2. The van der Waals surface area contributed by atoms with Gasteiger partial charge in [-0.15, -0.1) is 0 Å². The average molecular weight is 1170 g/mol. The Hall–Kier alpha value is -1.79. The third-order valence-electron chi connectivity index (χ3n) is 16.8. The molecule has 2 heterocycles. The van der Waals surface area contributed by atoms with Crippen molar-refractivity contribution in [3.05, 3.63) is 36.5 Å². The highest BCUT2D eigenvalue weighted by atomic mass is 16.7. The summed E-state index contributed by atoms with van der Waals surface area (Å²) in [6.45, 7) is 2.80. The maximum atomic E-state index is 13.3. The summed E-state index contributed by atoms with van der Waals surface area (Å²) in [6.07, 6.45) is 50.6. The predicted molar refractivity (Wildman–Crippen MR) is 332 cm³/mol. The number of hydrogen-bond acceptors (Lipinski definition) is 13. The summed E-state index contributed by atoms with van der Waals surface area (Å²) in [5.41, 5.74) is 0. The van der Waals surface area contributed by atoms with Crippen molar-refractivity contribution in [3.63, 3.8) is 0 Å². The molecule has 0 bridgehead atoms. The number of amides is 1. The van der Waals surface area contributed by atoms with Crippen LogP contribution in [0, 0.1) is 0 Å². The molecular weight excluding hydrogens is 1040 g/mol. The van der Waals surface area contributed by atoms with Crippen LogP contribution < -0.4 is 5.32 Å². The van der Waals surface area contributed by atoms with E-state index in [1.54, 1.807) is 6.08 Å². The van der Waals surface area contributed by atoms with E-state index in [4.69, 9.17) is 18.9 Å². The van der Waals surface area contributed by atoms with Gasteiger partial charge in [-0.25, -0.2) is 0 Å². The summed E-state index contributed by atoms with van der Waals surface area (Å²) in [7, 11) is 0. The van der Waals surface area contributed by atoms with Gasteiger partial charge in [-0.3, -0.25) is 4.79 Å². The number of nitrogens with one attached hydrogen (secondary N) is 1. The molecule has 2 rings (SSSR count). The summed E-state index contributed by atoms with van der Waals surface area (Å²) in [5, 5.41) is 87.3. The summed E-state index contributed by atoms with van der Waals surface area (Å²) < 4.78 is 22.8. The van der Waals surface area contributed by atoms with E-state index >= 15 is 0 Å². The summed E-state index contributed by atoms with van der Waals surface area (Å²) in [5.74, 6) is -0.245. The second-order valence-corrected chi connectivity index (χ2v) is 24.3. The highest BCUT2D eigenvalue weighted by molar-refractivity contribution is 5.76. The van der Waals surface area contributed by atoms with Crippen molar-refractivity contribution >= 4 is 5.91 Å². The third-order valence-corrected chi connectivity index (χ3v) is 16.8. The molecule has 2 saturated heterocycles. The standard InChI is InChI=1S/C68H127NO13/c1-3-5-7-9-11-13-15-17-19-21-22-23-24-25-26-27-28-29-30-31-32-33-34-36-37-39-41-43-45-47-49-51-57(72)56(69-60(73)52-50-48-46-44-42-40-38-35-20-18-16-14-12-10-8-6-4-2)55-79-67-65(78)63(76)66(59(54-71)81-67)82-68-64(77)62(75)61(74)58(53-70)80-68/h12,14,18,20,49,51,56-59,61-68,70-72,74-78H,3-11,13,15-17,19,21-48,50,52-55H2,1-2H3,(H,69,73)/b14-12-,20-18-,51-49+. The zero-order valence-electron chi connectivity index (χ0n) is 52.2. The van der Waals surface area contributed by atoms with Crippen LogP contribution in [0.4, 0.5) is 0 Å². The van der Waals surface area contributed by atoms with Crippen molar-refractivity contribution in [1.82, 2.24) is 5.32 Å². The Kier molecular flexibility index (Phi) is 49.7. The van der Waals surface area contributed by atoms with Crippen LogP contribution in [0.15, 0.2) is 36.5 Å². The molecule has 82 heavy (non-hydrogen) atoms. The number of rotatable bonds is 56. The number of carbonyl (C=O) groups excluding carboxylic acids is 1. The molecule has 12 atom stereocenters. The molecule has 12 unspecified atom stereocenters. The van der Waals surface area contributed by atoms with E-state index in [9.17, 15) is 45.6 Å². The van der Waals surface area contributed by atoms with Crippen molar-refractivity contribution < 1.29 is 64.6 Å². The van der Waals surface area contributed by atoms with Gasteiger partial charge in [0, 0.05) is 6.42 Å². The maximum absolute atomic E-state index is 13.3. The first kappa shape index (κ1) is 76.3. The number of allylic oxidation sites excluding steroid dienone is 5. The monoisotopic (exact) mass is 1170 g/mol. The van der Waals surface area contributed by atoms with Crippen LogP contribution in [0.25, 0.3) is 0 Å². The fraction of sp³-hybridized carbons (Fsp3) is 0.897. The highest BCUT2D eigenvalue weighted by Crippen LogP contribution is 2.30. The van der Waals surface area contributed by atoms with Gasteiger partial charge < -0.3 is 65.1 Å². The molecule has 1 amide bonds. The second kappa shape index (κ2) is 53.4. The molecule has 9 N–H and O–H groups in total. The Morgan fingerprint density at radius 1 is 0.439 bits per heavy atom. The molecule has 0 saturated carbocycles. The number of aliphatic hydroxyl groups excluding tert-OH is 8. The predicted octanol–water partition coefficient (Wildman–Crippen LogP) is 13.3. The SMILES string of the molecule is CCCCC/C=C\C/C=C\CCCCCCCCCC(=O)NC(COC1OC(CO)C(OC2OC(CO)C(O)C(O)C2O)C(O)C1O)C(O)/C=C/CCCCCCCCCCCCCCCCCCCCCCCCCCCCCCC. The molecule has 14 nitrogen and oxygen atoms in total. The van der Waals surface area contributed by atoms with Gasteiger partial charge in [-0.1, -0.05) is 275 Å². The largest absolute Gasteiger partial charge is 0.394 e. The van der Waals surface area contributed by atoms with E-state index in [2.05, 4.69) is 43.5 Å². The van der Waals surface area contributed by atoms with E-state index in [-0.39, 0.29) is 18.9 Å². The van der Waals surface area contributed by atoms with Gasteiger partial charge in [0.1, 0.15) is 48.8 Å². The highest BCUT2D eigenvalue weighted by Gasteiger charge is 2.51. The van der Waals surface area contributed by atoms with Crippen LogP contribution in [-0.4, -0.2) is 140 Å². The van der Waals surface area contributed by atoms with Gasteiger partial charge in [-0.2, -0.15) is 0 Å². The van der Waals surface area contributed by atoms with Gasteiger partial charge in [0.25, 0.3) is 0 Å². The molecule has 0 aromatic rings. The molecule has 2 aliphatic rings. The van der Waals surface area contributed by atoms with Crippen LogP contribution in [0.2, 0.25) is 0 Å². The van der Waals surface area contributed by atoms with Crippen LogP contribution in [0.5, 0.6) is 0 Å². The molecule has 0 spiro atoms. The molecule has 14 heteroatoms. The Morgan fingerprint density at radius 2 is 0.805 bits per heavy atom. The second-order valence-electron chi connectivity index (χ2n) is 24.3. The molecule has 0 aliphatic carbocycles. The van der Waals surface area contributed by atoms with Crippen molar-refractivity contribution in [2.24, 2.45) is 0 Å². The lowest BCUT2D eigenvalue weighted by Crippen LogP contribution is -2.65. The number of hydrogen-bond donors (Lipinski definition) is 9. The Labute approximate surface area is 500 Å². The van der Waals surface area contributed by atoms with E-state index < -0.39 is 86.8 Å². The molecule has 482 valence electrons. The number of carbonyl (C=O) groups is 1. The van der Waals surface area contributed by atoms with E-state index in [0.29, 0.717) is 6.42 Å². The quantitative estimate of drug-likeness (QED) is 0.0204. The van der Waals surface area contributed by atoms with Gasteiger partial charge in [0.2, 0.25) is 5.91 Å². The minimum Gasteiger partial charge on any atom is -0.394 e. The molecule has 2 aliphatic heterocycles. The van der Waals surface area contributed by atoms with Crippen LogP contribution in [0.1, 0.15) is 296 Å². The van der Waals surface area contributed by atoms with Crippen LogP contribution in [0.3, 0.4) is 0 Å². The number of unbranched alkanes of at least 4 members (excludes halogenated alkanes) is 39. The first-order chi connectivity index (χ1) is 40.1. The number of ether oxygens (including phenoxy) is 4. The summed E-state index contributed by atoms with van der Waals surface area (Å²) in [4.78, 5) is 13.3. The zero-order chi connectivity index (χ0) is 59.5. The molecule has 2 fully saturated rings. The van der Waals surface area contributed by atoms with Crippen molar-refractivity contribution in [3.8, 4) is 0 Å². The minimum atomic E-state index is -1.79. The lowest BCUT2D eigenvalue weighted by atomic mass is 9.97. The Bertz CT molecular complexity index is 1510. The van der Waals surface area contributed by atoms with E-state index in [1.807, 2.05) is 6.08 Å². The number of aliphatic hydroxyl groups is 8. The van der Waals surface area contributed by atoms with Crippen LogP contribution >= 0.6 is 0 Å². The van der Waals surface area contributed by atoms with Crippen molar-refractivity contribution in [1.29, 1.82) is 0 Å². The lowest BCUT2D eigenvalue weighted by Gasteiger charge is -2.46. The first-order valence-electron chi connectivity index (χ1n) is 34.2. The van der Waals surface area contributed by atoms with Gasteiger partial charge >= 0.3 is 0 Å². The van der Waals surface area contributed by atoms with E-state index in [1.165, 1.54) is 212 Å². The topological polar surface area (TPSA) is 228 Å². The van der Waals surface area contributed by atoms with E-state index in [0.717, 1.165) is 57.8 Å². The molecule has 0 aromatic carbocycles. The molecule has 0 aromatic heterocycles. The van der Waals surface area contributed by atoms with Gasteiger partial charge in [0.15, 0.2) is 12.6 Å². The third kappa shape index (κ3) is 37.7. The summed E-state index contributed by atoms with van der Waals surface area (Å²) >= 11 is 0. The summed E-state index contributed by atoms with van der Waals surface area (Å²) in [6, 6.07) is -0.920. The Balaban J connectivity index is 1.67. The lowest BCUT2D eigenvalue weighted by molar-refractivity contribution is -0.359. The first-order valence-corrected chi connectivity index (χ1v) is 34.2. The average Bonchev–Trinajstić information content (AvgIpc) is 3.49. The van der Waals surface area contributed by atoms with Crippen LogP contribution in [-0.2, 0) is 23.7 Å². The van der Waals surface area contributed by atoms with Crippen molar-refractivity contribution in [2.45, 2.75) is 370 Å². The molecular formula is C68H127NO13. The maximum Gasteiger partial charge on any atom is 0.220 e. The normalized spacial score (nSPS) is 24.1. The van der Waals surface area contributed by atoms with Gasteiger partial charge in [0.05, 0.1) is 32.0 Å². The Morgan fingerprint density at radius 3 is 1.24 bits per heavy atom. The minimum absolute atomic E-state index is 0.245. The molecule has 0 radical (unpaired) electrons. The smallest absolute Gasteiger partial charge is 0.220 e. The van der Waals surface area contributed by atoms with Gasteiger partial charge in [-0.05, 0) is 51.4 Å². The van der Waals surface area contributed by atoms with Crippen molar-refractivity contribution in [2.75, 3.05) is 19.8 Å². The fourth-order valence-corrected chi connectivity index (χ4v) is 11.3.